The van der Waals surface area contributed by atoms with Crippen LogP contribution in [0.25, 0.3) is 22.3 Å². The lowest BCUT2D eigenvalue weighted by Crippen LogP contribution is -2.03. The van der Waals surface area contributed by atoms with E-state index in [9.17, 15) is 4.79 Å². The van der Waals surface area contributed by atoms with E-state index in [1.54, 1.807) is 32.4 Å². The highest BCUT2D eigenvalue weighted by Crippen LogP contribution is 2.36. The van der Waals surface area contributed by atoms with E-state index >= 15 is 0 Å². The minimum Gasteiger partial charge on any atom is -0.497 e. The summed E-state index contributed by atoms with van der Waals surface area (Å²) < 4.78 is 22.4. The van der Waals surface area contributed by atoms with Gasteiger partial charge in [-0.05, 0) is 42.5 Å². The van der Waals surface area contributed by atoms with Crippen LogP contribution in [0.2, 0.25) is 0 Å². The first-order valence-electron chi connectivity index (χ1n) is 9.73. The number of hydrogen-bond acceptors (Lipinski definition) is 5. The number of methoxy groups -OCH3 is 2. The van der Waals surface area contributed by atoms with Crippen LogP contribution in [-0.2, 0) is 0 Å². The van der Waals surface area contributed by atoms with E-state index in [0.717, 1.165) is 22.0 Å². The lowest BCUT2D eigenvalue weighted by Gasteiger charge is -2.09. The van der Waals surface area contributed by atoms with E-state index < -0.39 is 0 Å². The average Bonchev–Trinajstić information content (AvgIpc) is 3.21. The van der Waals surface area contributed by atoms with E-state index in [1.165, 1.54) is 0 Å². The van der Waals surface area contributed by atoms with Gasteiger partial charge in [-0.25, -0.2) is 0 Å². The maximum absolute atomic E-state index is 13.7. The van der Waals surface area contributed by atoms with Gasteiger partial charge in [-0.2, -0.15) is 0 Å². The van der Waals surface area contributed by atoms with Gasteiger partial charge in [-0.15, -0.1) is 0 Å². The van der Waals surface area contributed by atoms with Crippen LogP contribution in [-0.4, -0.2) is 31.9 Å². The molecule has 0 bridgehead atoms. The van der Waals surface area contributed by atoms with Gasteiger partial charge in [-0.1, -0.05) is 34.1 Å². The molecule has 0 radical (unpaired) electrons. The highest BCUT2D eigenvalue weighted by Gasteiger charge is 2.24. The molecule has 1 aromatic heterocycles. The summed E-state index contributed by atoms with van der Waals surface area (Å²) in [6.45, 7) is 0.575. The van der Waals surface area contributed by atoms with Gasteiger partial charge in [0, 0.05) is 27.9 Å². The molecule has 0 spiro atoms. The Morgan fingerprint density at radius 2 is 1.58 bits per heavy atom. The number of hydrogen-bond donors (Lipinski definition) is 0. The minimum absolute atomic E-state index is 0.170. The largest absolute Gasteiger partial charge is 0.497 e. The normalized spacial score (nSPS) is 10.8. The van der Waals surface area contributed by atoms with E-state index in [-0.39, 0.29) is 5.78 Å². The van der Waals surface area contributed by atoms with Crippen LogP contribution >= 0.6 is 15.9 Å². The predicted octanol–water partition coefficient (Wildman–Crippen LogP) is 6.12. The monoisotopic (exact) mass is 480 g/mol. The fourth-order valence-corrected chi connectivity index (χ4v) is 3.58. The number of carbonyl (C=O) groups is 1. The van der Waals surface area contributed by atoms with Crippen LogP contribution in [0.4, 0.5) is 0 Å². The Morgan fingerprint density at radius 3 is 2.23 bits per heavy atom. The second kappa shape index (κ2) is 9.27. The van der Waals surface area contributed by atoms with Crippen molar-refractivity contribution in [2.75, 3.05) is 26.2 Å². The third-order valence-electron chi connectivity index (χ3n) is 4.90. The molecule has 0 atom stereocenters. The Labute approximate surface area is 188 Å². The molecule has 158 valence electrons. The summed E-state index contributed by atoms with van der Waals surface area (Å²) in [5.41, 5.74) is 2.40. The summed E-state index contributed by atoms with van der Waals surface area (Å²) in [6.07, 6.45) is 0. The van der Waals surface area contributed by atoms with Crippen molar-refractivity contribution in [3.8, 4) is 28.6 Å². The summed E-state index contributed by atoms with van der Waals surface area (Å²) in [5, 5.41) is 1.50. The molecule has 3 aromatic carbocycles. The summed E-state index contributed by atoms with van der Waals surface area (Å²) >= 11 is 3.35. The molecule has 0 saturated carbocycles. The molecule has 0 aliphatic rings. The second-order valence-corrected chi connectivity index (χ2v) is 7.59. The number of carbonyl (C=O) groups excluding carboxylic acids is 1. The third kappa shape index (κ3) is 4.30. The van der Waals surface area contributed by atoms with Gasteiger partial charge in [0.2, 0.25) is 0 Å². The number of fused-ring (bicyclic) bond motifs is 1. The molecule has 6 heteroatoms. The Kier molecular flexibility index (Phi) is 6.28. The zero-order valence-corrected chi connectivity index (χ0v) is 18.8. The SMILES string of the molecule is COc1cc(OC)cc(C(=O)c2c(-c3ccc(OCCBr)cc3)oc3ccccc23)c1. The lowest BCUT2D eigenvalue weighted by atomic mass is 9.97. The molecule has 0 unspecified atom stereocenters. The minimum atomic E-state index is -0.170. The molecule has 31 heavy (non-hydrogen) atoms. The van der Waals surface area contributed by atoms with Crippen molar-refractivity contribution in [1.29, 1.82) is 0 Å². The highest BCUT2D eigenvalue weighted by atomic mass is 79.9. The maximum Gasteiger partial charge on any atom is 0.197 e. The van der Waals surface area contributed by atoms with Crippen LogP contribution in [0.3, 0.4) is 0 Å². The first-order valence-corrected chi connectivity index (χ1v) is 10.8. The molecule has 0 aliphatic carbocycles. The number of rotatable bonds is 8. The van der Waals surface area contributed by atoms with Gasteiger partial charge < -0.3 is 18.6 Å². The number of benzene rings is 3. The summed E-state index contributed by atoms with van der Waals surface area (Å²) in [6, 6.07) is 20.2. The van der Waals surface area contributed by atoms with Gasteiger partial charge in [0.25, 0.3) is 0 Å². The number of ketones is 1. The zero-order valence-electron chi connectivity index (χ0n) is 17.2. The molecule has 5 nitrogen and oxygen atoms in total. The Balaban J connectivity index is 1.83. The number of ether oxygens (including phenoxy) is 3. The van der Waals surface area contributed by atoms with Gasteiger partial charge in [-0.3, -0.25) is 4.79 Å². The van der Waals surface area contributed by atoms with Gasteiger partial charge in [0.05, 0.1) is 26.4 Å². The number of halogens is 1. The van der Waals surface area contributed by atoms with Gasteiger partial charge >= 0.3 is 0 Å². The van der Waals surface area contributed by atoms with Crippen LogP contribution in [0.5, 0.6) is 17.2 Å². The van der Waals surface area contributed by atoms with E-state index in [0.29, 0.717) is 40.6 Å². The Hall–Kier alpha value is -3.25. The van der Waals surface area contributed by atoms with Crippen molar-refractivity contribution in [1.82, 2.24) is 0 Å². The van der Waals surface area contributed by atoms with Crippen LogP contribution < -0.4 is 14.2 Å². The smallest absolute Gasteiger partial charge is 0.197 e. The van der Waals surface area contributed by atoms with Gasteiger partial charge in [0.1, 0.15) is 28.6 Å². The second-order valence-electron chi connectivity index (χ2n) is 6.79. The van der Waals surface area contributed by atoms with Crippen LogP contribution in [0.1, 0.15) is 15.9 Å². The van der Waals surface area contributed by atoms with Crippen molar-refractivity contribution in [2.24, 2.45) is 0 Å². The van der Waals surface area contributed by atoms with E-state index in [1.807, 2.05) is 48.5 Å². The third-order valence-corrected chi connectivity index (χ3v) is 5.22. The van der Waals surface area contributed by atoms with E-state index in [4.69, 9.17) is 18.6 Å². The molecule has 0 N–H and O–H groups in total. The fourth-order valence-electron chi connectivity index (χ4n) is 3.42. The predicted molar refractivity (Wildman–Crippen MR) is 124 cm³/mol. The Bertz CT molecular complexity index is 1190. The Morgan fingerprint density at radius 1 is 0.903 bits per heavy atom. The van der Waals surface area contributed by atoms with Crippen molar-refractivity contribution < 1.29 is 23.4 Å². The molecular weight excluding hydrogens is 460 g/mol. The molecule has 0 aliphatic heterocycles. The van der Waals surface area contributed by atoms with Crippen molar-refractivity contribution in [3.63, 3.8) is 0 Å². The lowest BCUT2D eigenvalue weighted by molar-refractivity contribution is 0.103. The van der Waals surface area contributed by atoms with Crippen molar-refractivity contribution in [2.45, 2.75) is 0 Å². The molecule has 0 saturated heterocycles. The number of furan rings is 1. The molecule has 0 amide bonds. The quantitative estimate of drug-likeness (QED) is 0.224. The molecule has 4 rings (SSSR count). The fraction of sp³-hybridized carbons (Fsp3) is 0.160. The molecule has 0 fully saturated rings. The van der Waals surface area contributed by atoms with Crippen molar-refractivity contribution >= 4 is 32.7 Å². The van der Waals surface area contributed by atoms with Gasteiger partial charge in [0.15, 0.2) is 5.78 Å². The summed E-state index contributed by atoms with van der Waals surface area (Å²) in [7, 11) is 3.11. The standard InChI is InChI=1S/C25H21BrO5/c1-28-19-13-17(14-20(15-19)29-2)24(27)23-21-5-3-4-6-22(21)31-25(23)16-7-9-18(10-8-16)30-12-11-26/h3-10,13-15H,11-12H2,1-2H3. The average molecular weight is 481 g/mol. The molecule has 1 heterocycles. The maximum atomic E-state index is 13.7. The van der Waals surface area contributed by atoms with Crippen LogP contribution in [0.15, 0.2) is 71.1 Å². The molecule has 4 aromatic rings. The number of alkyl halides is 1. The topological polar surface area (TPSA) is 57.9 Å². The van der Waals surface area contributed by atoms with Crippen LogP contribution in [0, 0.1) is 0 Å². The highest BCUT2D eigenvalue weighted by molar-refractivity contribution is 9.09. The summed E-state index contributed by atoms with van der Waals surface area (Å²) in [4.78, 5) is 13.7. The van der Waals surface area contributed by atoms with Crippen molar-refractivity contribution in [3.05, 3.63) is 77.9 Å². The number of para-hydroxylation sites is 1. The first kappa shape index (κ1) is 21.0. The van der Waals surface area contributed by atoms with E-state index in [2.05, 4.69) is 15.9 Å². The summed E-state index contributed by atoms with van der Waals surface area (Å²) in [5.74, 6) is 2.19. The zero-order chi connectivity index (χ0) is 21.8. The molecular formula is C25H21BrO5. The first-order chi connectivity index (χ1) is 15.1.